The predicted molar refractivity (Wildman–Crippen MR) is 119 cm³/mol. The highest BCUT2D eigenvalue weighted by molar-refractivity contribution is 7.92. The fourth-order valence-electron chi connectivity index (χ4n) is 3.89. The molecule has 6 heteroatoms. The van der Waals surface area contributed by atoms with Crippen LogP contribution < -0.4 is 9.21 Å². The molecule has 0 unspecified atom stereocenters. The Hall–Kier alpha value is -3.12. The highest BCUT2D eigenvalue weighted by atomic mass is 32.2. The molecule has 3 aromatic rings. The Bertz CT molecular complexity index is 1160. The van der Waals surface area contributed by atoms with Crippen molar-refractivity contribution in [3.8, 4) is 0 Å². The van der Waals surface area contributed by atoms with E-state index in [1.54, 1.807) is 53.4 Å². The number of sulfonamides is 1. The molecule has 1 aliphatic heterocycles. The lowest BCUT2D eigenvalue weighted by atomic mass is 10.1. The van der Waals surface area contributed by atoms with Gasteiger partial charge in [-0.1, -0.05) is 54.1 Å². The van der Waals surface area contributed by atoms with E-state index in [4.69, 9.17) is 0 Å². The van der Waals surface area contributed by atoms with Gasteiger partial charge in [-0.3, -0.25) is 9.10 Å². The minimum Gasteiger partial charge on any atom is -0.307 e. The second kappa shape index (κ2) is 7.95. The van der Waals surface area contributed by atoms with Gasteiger partial charge in [0.25, 0.3) is 10.0 Å². The Kier molecular flexibility index (Phi) is 5.35. The SMILES string of the molecule is Cc1ccc(S(=O)(=O)N(CC(=O)N2c3ccccc3C[C@H]2C)c2ccccc2)cc1. The smallest absolute Gasteiger partial charge is 0.264 e. The molecule has 0 spiro atoms. The van der Waals surface area contributed by atoms with Crippen LogP contribution >= 0.6 is 0 Å². The number of anilines is 2. The second-order valence-electron chi connectivity index (χ2n) is 7.61. The summed E-state index contributed by atoms with van der Waals surface area (Å²) in [6.07, 6.45) is 0.762. The molecule has 154 valence electrons. The predicted octanol–water partition coefficient (Wildman–Crippen LogP) is 4.17. The minimum absolute atomic E-state index is 0.0189. The maximum atomic E-state index is 13.5. The molecule has 0 saturated carbocycles. The van der Waals surface area contributed by atoms with Crippen molar-refractivity contribution in [2.24, 2.45) is 0 Å². The van der Waals surface area contributed by atoms with Gasteiger partial charge >= 0.3 is 0 Å². The number of amides is 1. The lowest BCUT2D eigenvalue weighted by molar-refractivity contribution is -0.117. The third kappa shape index (κ3) is 3.71. The quantitative estimate of drug-likeness (QED) is 0.623. The molecule has 0 aromatic heterocycles. The summed E-state index contributed by atoms with van der Waals surface area (Å²) in [4.78, 5) is 15.2. The van der Waals surface area contributed by atoms with Gasteiger partial charge in [-0.05, 0) is 56.2 Å². The summed E-state index contributed by atoms with van der Waals surface area (Å²) in [5, 5.41) is 0. The van der Waals surface area contributed by atoms with E-state index in [-0.39, 0.29) is 23.4 Å². The first-order valence-corrected chi connectivity index (χ1v) is 11.4. The number of para-hydroxylation sites is 2. The lowest BCUT2D eigenvalue weighted by Gasteiger charge is -2.29. The van der Waals surface area contributed by atoms with Crippen LogP contribution in [0.1, 0.15) is 18.1 Å². The summed E-state index contributed by atoms with van der Waals surface area (Å²) in [5.41, 5.74) is 3.40. The van der Waals surface area contributed by atoms with Crippen LogP contribution in [-0.4, -0.2) is 26.9 Å². The zero-order valence-electron chi connectivity index (χ0n) is 17.0. The summed E-state index contributed by atoms with van der Waals surface area (Å²) >= 11 is 0. The van der Waals surface area contributed by atoms with Crippen LogP contribution in [-0.2, 0) is 21.2 Å². The van der Waals surface area contributed by atoms with Crippen LogP contribution in [0.25, 0.3) is 0 Å². The topological polar surface area (TPSA) is 57.7 Å². The Morgan fingerprint density at radius 1 is 0.967 bits per heavy atom. The largest absolute Gasteiger partial charge is 0.307 e. The number of hydrogen-bond donors (Lipinski definition) is 0. The van der Waals surface area contributed by atoms with E-state index < -0.39 is 10.0 Å². The van der Waals surface area contributed by atoms with E-state index >= 15 is 0 Å². The van der Waals surface area contributed by atoms with Gasteiger partial charge in [-0.2, -0.15) is 0 Å². The van der Waals surface area contributed by atoms with Gasteiger partial charge < -0.3 is 4.90 Å². The van der Waals surface area contributed by atoms with E-state index in [1.807, 2.05) is 44.2 Å². The number of carbonyl (C=O) groups excluding carboxylic acids is 1. The maximum absolute atomic E-state index is 13.5. The van der Waals surface area contributed by atoms with Crippen molar-refractivity contribution in [3.63, 3.8) is 0 Å². The number of aryl methyl sites for hydroxylation is 1. The number of rotatable bonds is 5. The highest BCUT2D eigenvalue weighted by Gasteiger charge is 2.34. The van der Waals surface area contributed by atoms with Crippen LogP contribution in [0.2, 0.25) is 0 Å². The van der Waals surface area contributed by atoms with Crippen LogP contribution in [0.5, 0.6) is 0 Å². The van der Waals surface area contributed by atoms with Crippen molar-refractivity contribution in [1.29, 1.82) is 0 Å². The van der Waals surface area contributed by atoms with Gasteiger partial charge in [0.1, 0.15) is 6.54 Å². The summed E-state index contributed by atoms with van der Waals surface area (Å²) in [7, 11) is -3.90. The Morgan fingerprint density at radius 3 is 2.30 bits per heavy atom. The first-order chi connectivity index (χ1) is 14.4. The molecule has 0 aliphatic carbocycles. The third-order valence-electron chi connectivity index (χ3n) is 5.41. The average molecular weight is 421 g/mol. The second-order valence-corrected chi connectivity index (χ2v) is 9.47. The van der Waals surface area contributed by atoms with Crippen LogP contribution in [0.3, 0.4) is 0 Å². The summed E-state index contributed by atoms with van der Waals surface area (Å²) in [6.45, 7) is 3.62. The van der Waals surface area contributed by atoms with Crippen LogP contribution in [0, 0.1) is 6.92 Å². The summed E-state index contributed by atoms with van der Waals surface area (Å²) < 4.78 is 28.2. The summed E-state index contributed by atoms with van der Waals surface area (Å²) in [5.74, 6) is -0.244. The van der Waals surface area contributed by atoms with Crippen molar-refractivity contribution >= 4 is 27.3 Å². The Labute approximate surface area is 177 Å². The Balaban J connectivity index is 1.71. The number of benzene rings is 3. The van der Waals surface area contributed by atoms with E-state index in [2.05, 4.69) is 0 Å². The van der Waals surface area contributed by atoms with Crippen molar-refractivity contribution in [2.45, 2.75) is 31.2 Å². The van der Waals surface area contributed by atoms with Crippen molar-refractivity contribution in [3.05, 3.63) is 90.0 Å². The molecule has 0 saturated heterocycles. The molecule has 0 radical (unpaired) electrons. The monoisotopic (exact) mass is 420 g/mol. The minimum atomic E-state index is -3.90. The molecule has 0 bridgehead atoms. The molecule has 1 amide bonds. The zero-order chi connectivity index (χ0) is 21.3. The number of carbonyl (C=O) groups is 1. The molecular formula is C24H24N2O3S. The molecule has 1 atom stereocenters. The van der Waals surface area contributed by atoms with Gasteiger partial charge in [0.15, 0.2) is 0 Å². The first kappa shape index (κ1) is 20.2. The molecule has 5 nitrogen and oxygen atoms in total. The fourth-order valence-corrected chi connectivity index (χ4v) is 5.31. The molecule has 0 N–H and O–H groups in total. The molecule has 3 aromatic carbocycles. The van der Waals surface area contributed by atoms with Gasteiger partial charge in [0.05, 0.1) is 10.6 Å². The normalized spacial score (nSPS) is 15.7. The van der Waals surface area contributed by atoms with Crippen LogP contribution in [0.15, 0.2) is 83.8 Å². The molecule has 1 heterocycles. The van der Waals surface area contributed by atoms with E-state index in [9.17, 15) is 13.2 Å². The van der Waals surface area contributed by atoms with Gasteiger partial charge in [-0.25, -0.2) is 8.42 Å². The van der Waals surface area contributed by atoms with Crippen molar-refractivity contribution in [2.75, 3.05) is 15.7 Å². The standard InChI is InChI=1S/C24H24N2O3S/c1-18-12-14-22(15-13-18)30(28,29)25(21-9-4-3-5-10-21)17-24(27)26-19(2)16-20-8-6-7-11-23(20)26/h3-15,19H,16-17H2,1-2H3/t19-/m1/s1. The highest BCUT2D eigenvalue weighted by Crippen LogP contribution is 2.33. The molecule has 0 fully saturated rings. The Morgan fingerprint density at radius 2 is 1.60 bits per heavy atom. The van der Waals surface area contributed by atoms with Crippen LogP contribution in [0.4, 0.5) is 11.4 Å². The van der Waals surface area contributed by atoms with Crippen molar-refractivity contribution in [1.82, 2.24) is 0 Å². The van der Waals surface area contributed by atoms with Gasteiger partial charge in [-0.15, -0.1) is 0 Å². The fraction of sp³-hybridized carbons (Fsp3) is 0.208. The molecular weight excluding hydrogens is 396 g/mol. The van der Waals surface area contributed by atoms with Gasteiger partial charge in [0, 0.05) is 11.7 Å². The van der Waals surface area contributed by atoms with E-state index in [1.165, 1.54) is 4.31 Å². The van der Waals surface area contributed by atoms with Crippen molar-refractivity contribution < 1.29 is 13.2 Å². The number of hydrogen-bond acceptors (Lipinski definition) is 3. The summed E-state index contributed by atoms with van der Waals surface area (Å²) in [6, 6.07) is 23.2. The molecule has 4 rings (SSSR count). The third-order valence-corrected chi connectivity index (χ3v) is 7.20. The van der Waals surface area contributed by atoms with Gasteiger partial charge in [0.2, 0.25) is 5.91 Å². The number of fused-ring (bicyclic) bond motifs is 1. The van der Waals surface area contributed by atoms with E-state index in [0.29, 0.717) is 5.69 Å². The molecule has 1 aliphatic rings. The number of nitrogens with zero attached hydrogens (tertiary/aromatic N) is 2. The maximum Gasteiger partial charge on any atom is 0.264 e. The zero-order valence-corrected chi connectivity index (χ0v) is 17.8. The van der Waals surface area contributed by atoms with E-state index in [0.717, 1.165) is 23.2 Å². The first-order valence-electron chi connectivity index (χ1n) is 9.92. The average Bonchev–Trinajstić information content (AvgIpc) is 3.08. The molecule has 30 heavy (non-hydrogen) atoms. The lowest BCUT2D eigenvalue weighted by Crippen LogP contribution is -2.45.